The molecule has 0 fully saturated rings. The van der Waals surface area contributed by atoms with Crippen molar-refractivity contribution < 1.29 is 18.1 Å². The summed E-state index contributed by atoms with van der Waals surface area (Å²) < 4.78 is 33.4. The molecular weight excluding hydrogens is 378 g/mol. The molecule has 146 valence electrons. The van der Waals surface area contributed by atoms with Crippen LogP contribution in [0.4, 0.5) is 8.78 Å². The Bertz CT molecular complexity index is 1130. The first kappa shape index (κ1) is 18.5. The molecule has 2 aromatic heterocycles. The maximum Gasteiger partial charge on any atom is 0.274 e. The van der Waals surface area contributed by atoms with Gasteiger partial charge in [-0.3, -0.25) is 4.79 Å². The number of carbonyl (C=O) groups excluding carboxylic acids is 1. The van der Waals surface area contributed by atoms with Crippen molar-refractivity contribution in [1.29, 1.82) is 0 Å². The number of nitrogens with one attached hydrogen (secondary N) is 1. The van der Waals surface area contributed by atoms with Gasteiger partial charge in [-0.25, -0.2) is 13.8 Å². The topological polar surface area (TPSA) is 73.0 Å². The van der Waals surface area contributed by atoms with Gasteiger partial charge in [0.1, 0.15) is 23.5 Å². The minimum atomic E-state index is -0.617. The summed E-state index contributed by atoms with van der Waals surface area (Å²) in [7, 11) is 1.80. The van der Waals surface area contributed by atoms with E-state index in [9.17, 15) is 13.6 Å². The summed E-state index contributed by atoms with van der Waals surface area (Å²) >= 11 is 0. The predicted octanol–water partition coefficient (Wildman–Crippen LogP) is 3.87. The standard InChI is InChI=1S/C21H16F2N4O2/c1-27-11-10-24-20(27)19(14-4-8-16(23)9-5-14)25-21(28)17-12-18(29-26-17)13-2-6-15(22)7-3-13/h2-12,19H,1H3,(H,25,28)/t19-/m0/s1. The summed E-state index contributed by atoms with van der Waals surface area (Å²) in [6, 6.07) is 12.3. The first-order valence-electron chi connectivity index (χ1n) is 8.77. The molecule has 0 radical (unpaired) electrons. The van der Waals surface area contributed by atoms with Crippen LogP contribution in [0.5, 0.6) is 0 Å². The van der Waals surface area contributed by atoms with Gasteiger partial charge in [0.25, 0.3) is 5.91 Å². The van der Waals surface area contributed by atoms with Gasteiger partial charge in [-0.2, -0.15) is 0 Å². The van der Waals surface area contributed by atoms with Crippen molar-refractivity contribution in [1.82, 2.24) is 20.0 Å². The highest BCUT2D eigenvalue weighted by Crippen LogP contribution is 2.23. The molecular formula is C21H16F2N4O2. The van der Waals surface area contributed by atoms with Crippen molar-refractivity contribution in [2.24, 2.45) is 7.05 Å². The number of imidazole rings is 1. The number of nitrogens with zero attached hydrogens (tertiary/aromatic N) is 3. The van der Waals surface area contributed by atoms with E-state index in [1.54, 1.807) is 36.1 Å². The van der Waals surface area contributed by atoms with Crippen LogP contribution in [0.2, 0.25) is 0 Å². The molecule has 2 heterocycles. The second-order valence-corrected chi connectivity index (χ2v) is 6.44. The Morgan fingerprint density at radius 3 is 2.34 bits per heavy atom. The average Bonchev–Trinajstić information content (AvgIpc) is 3.37. The van der Waals surface area contributed by atoms with E-state index in [1.165, 1.54) is 42.5 Å². The van der Waals surface area contributed by atoms with Crippen LogP contribution < -0.4 is 5.32 Å². The third-order valence-electron chi connectivity index (χ3n) is 4.47. The van der Waals surface area contributed by atoms with E-state index < -0.39 is 11.9 Å². The van der Waals surface area contributed by atoms with Crippen LogP contribution in [0.25, 0.3) is 11.3 Å². The van der Waals surface area contributed by atoms with Gasteiger partial charge in [0, 0.05) is 31.1 Å². The Labute approximate surface area is 164 Å². The predicted molar refractivity (Wildman–Crippen MR) is 101 cm³/mol. The van der Waals surface area contributed by atoms with Crippen LogP contribution in [-0.2, 0) is 7.05 Å². The lowest BCUT2D eigenvalue weighted by molar-refractivity contribution is 0.0932. The molecule has 2 aromatic carbocycles. The quantitative estimate of drug-likeness (QED) is 0.558. The van der Waals surface area contributed by atoms with Crippen LogP contribution >= 0.6 is 0 Å². The number of aryl methyl sites for hydroxylation is 1. The van der Waals surface area contributed by atoms with Gasteiger partial charge in [-0.05, 0) is 42.0 Å². The summed E-state index contributed by atoms with van der Waals surface area (Å²) in [5.41, 5.74) is 1.32. The smallest absolute Gasteiger partial charge is 0.274 e. The van der Waals surface area contributed by atoms with E-state index >= 15 is 0 Å². The first-order valence-corrected chi connectivity index (χ1v) is 8.77. The van der Waals surface area contributed by atoms with E-state index in [1.807, 2.05) is 0 Å². The lowest BCUT2D eigenvalue weighted by atomic mass is 10.1. The van der Waals surface area contributed by atoms with Gasteiger partial charge in [0.05, 0.1) is 0 Å². The van der Waals surface area contributed by atoms with Gasteiger partial charge >= 0.3 is 0 Å². The van der Waals surface area contributed by atoms with Crippen LogP contribution in [0.15, 0.2) is 71.5 Å². The van der Waals surface area contributed by atoms with Crippen LogP contribution in [0.1, 0.15) is 27.9 Å². The molecule has 8 heteroatoms. The molecule has 0 unspecified atom stereocenters. The summed E-state index contributed by atoms with van der Waals surface area (Å²) in [6.07, 6.45) is 3.36. The molecule has 1 N–H and O–H groups in total. The SMILES string of the molecule is Cn1ccnc1[C@@H](NC(=O)c1cc(-c2ccc(F)cc2)on1)c1ccc(F)cc1. The Balaban J connectivity index is 1.61. The highest BCUT2D eigenvalue weighted by Gasteiger charge is 2.23. The van der Waals surface area contributed by atoms with Crippen molar-refractivity contribution in [3.63, 3.8) is 0 Å². The van der Waals surface area contributed by atoms with Crippen LogP contribution in [0.3, 0.4) is 0 Å². The van der Waals surface area contributed by atoms with E-state index in [0.717, 1.165) is 0 Å². The lowest BCUT2D eigenvalue weighted by Gasteiger charge is -2.18. The van der Waals surface area contributed by atoms with Gasteiger partial charge in [0.15, 0.2) is 11.5 Å². The Kier molecular flexibility index (Phi) is 4.90. The molecule has 6 nitrogen and oxygen atoms in total. The van der Waals surface area contributed by atoms with Crippen molar-refractivity contribution in [2.75, 3.05) is 0 Å². The van der Waals surface area contributed by atoms with Gasteiger partial charge < -0.3 is 14.4 Å². The molecule has 0 spiro atoms. The zero-order valence-corrected chi connectivity index (χ0v) is 15.3. The molecule has 4 aromatic rings. The number of hydrogen-bond acceptors (Lipinski definition) is 4. The second-order valence-electron chi connectivity index (χ2n) is 6.44. The zero-order chi connectivity index (χ0) is 20.4. The number of rotatable bonds is 5. The maximum absolute atomic E-state index is 13.3. The van der Waals surface area contributed by atoms with Gasteiger partial charge in [0.2, 0.25) is 0 Å². The third-order valence-corrected chi connectivity index (χ3v) is 4.47. The average molecular weight is 394 g/mol. The van der Waals surface area contributed by atoms with E-state index in [2.05, 4.69) is 15.5 Å². The van der Waals surface area contributed by atoms with Crippen molar-refractivity contribution in [3.8, 4) is 11.3 Å². The number of aromatic nitrogens is 3. The monoisotopic (exact) mass is 394 g/mol. The molecule has 0 saturated heterocycles. The van der Waals surface area contributed by atoms with Crippen molar-refractivity contribution in [3.05, 3.63) is 95.7 Å². The molecule has 4 rings (SSSR count). The van der Waals surface area contributed by atoms with E-state index in [4.69, 9.17) is 4.52 Å². The number of benzene rings is 2. The zero-order valence-electron chi connectivity index (χ0n) is 15.3. The van der Waals surface area contributed by atoms with Gasteiger partial charge in [-0.15, -0.1) is 0 Å². The fourth-order valence-corrected chi connectivity index (χ4v) is 2.94. The first-order chi connectivity index (χ1) is 14.0. The molecule has 0 aliphatic heterocycles. The normalized spacial score (nSPS) is 12.0. The third kappa shape index (κ3) is 3.91. The van der Waals surface area contributed by atoms with Crippen molar-refractivity contribution >= 4 is 5.91 Å². The number of hydrogen-bond donors (Lipinski definition) is 1. The summed E-state index contributed by atoms with van der Waals surface area (Å²) in [4.78, 5) is 17.1. The molecule has 0 saturated carbocycles. The number of amides is 1. The number of carbonyl (C=O) groups is 1. The minimum Gasteiger partial charge on any atom is -0.355 e. The fourth-order valence-electron chi connectivity index (χ4n) is 2.94. The Morgan fingerprint density at radius 2 is 1.72 bits per heavy atom. The molecule has 1 atom stereocenters. The summed E-state index contributed by atoms with van der Waals surface area (Å²) in [6.45, 7) is 0. The highest BCUT2D eigenvalue weighted by atomic mass is 19.1. The molecule has 29 heavy (non-hydrogen) atoms. The van der Waals surface area contributed by atoms with Gasteiger partial charge in [-0.1, -0.05) is 17.3 Å². The minimum absolute atomic E-state index is 0.0608. The summed E-state index contributed by atoms with van der Waals surface area (Å²) in [5, 5.41) is 6.67. The highest BCUT2D eigenvalue weighted by molar-refractivity contribution is 5.93. The summed E-state index contributed by atoms with van der Waals surface area (Å²) in [5.74, 6) is -0.320. The fraction of sp³-hybridized carbons (Fsp3) is 0.0952. The van der Waals surface area contributed by atoms with Crippen LogP contribution in [0, 0.1) is 11.6 Å². The Hall–Kier alpha value is -3.81. The largest absolute Gasteiger partial charge is 0.355 e. The van der Waals surface area contributed by atoms with Crippen molar-refractivity contribution in [2.45, 2.75) is 6.04 Å². The molecule has 1 amide bonds. The number of halogens is 2. The van der Waals surface area contributed by atoms with E-state index in [-0.39, 0.29) is 17.3 Å². The Morgan fingerprint density at radius 1 is 1.07 bits per heavy atom. The molecule has 0 bridgehead atoms. The lowest BCUT2D eigenvalue weighted by Crippen LogP contribution is -2.31. The van der Waals surface area contributed by atoms with Crippen LogP contribution in [-0.4, -0.2) is 20.6 Å². The maximum atomic E-state index is 13.3. The second kappa shape index (κ2) is 7.67. The van der Waals surface area contributed by atoms with E-state index in [0.29, 0.717) is 22.7 Å². The molecule has 0 aliphatic carbocycles. The molecule has 0 aliphatic rings.